The third-order valence-corrected chi connectivity index (χ3v) is 7.86. The summed E-state index contributed by atoms with van der Waals surface area (Å²) in [6.45, 7) is 12.5. The van der Waals surface area contributed by atoms with Gasteiger partial charge in [0, 0.05) is 28.9 Å². The van der Waals surface area contributed by atoms with Gasteiger partial charge in [-0.05, 0) is 66.5 Å². The number of fused-ring (bicyclic) bond motifs is 1. The van der Waals surface area contributed by atoms with Crippen LogP contribution in [0.2, 0.25) is 0 Å². The molecule has 192 valence electrons. The van der Waals surface area contributed by atoms with E-state index in [9.17, 15) is 9.90 Å². The number of hydrogen-bond acceptors (Lipinski definition) is 3. The second-order valence-corrected chi connectivity index (χ2v) is 10.6. The van der Waals surface area contributed by atoms with Crippen molar-refractivity contribution in [3.63, 3.8) is 0 Å². The van der Waals surface area contributed by atoms with Crippen LogP contribution in [0, 0.1) is 13.8 Å². The molecule has 0 radical (unpaired) electrons. The van der Waals surface area contributed by atoms with E-state index in [0.717, 1.165) is 55.7 Å². The molecule has 5 rings (SSSR count). The molecule has 0 unspecified atom stereocenters. The van der Waals surface area contributed by atoms with Crippen LogP contribution in [0.5, 0.6) is 5.75 Å². The summed E-state index contributed by atoms with van der Waals surface area (Å²) in [6.07, 6.45) is 1.73. The minimum atomic E-state index is -0.478. The molecule has 0 saturated carbocycles. The molecule has 1 heterocycles. The number of nitrogens with zero attached hydrogens (tertiary/aromatic N) is 1. The molecule has 0 aliphatic heterocycles. The standard InChI is InChI=1S/C34H33NO3/c1-20-13-16-28-25(17-20)29(31(35(28)6)23-11-9-8-10-12-23)30-32(36)26(33(30)37)18-22(3)34(4,5)27-19-24(38-7)15-14-21(27)2/h8-19,36H,3H2,1-2,4-7H3/b26-18-. The lowest BCUT2D eigenvalue weighted by Crippen LogP contribution is -2.25. The number of carbonyl (C=O) groups excluding carboxylic acids is 1. The van der Waals surface area contributed by atoms with E-state index in [1.54, 1.807) is 13.2 Å². The Bertz CT molecular complexity index is 1680. The molecule has 4 heteroatoms. The largest absolute Gasteiger partial charge is 0.506 e. The first-order valence-corrected chi connectivity index (χ1v) is 12.8. The maximum atomic E-state index is 13.7. The zero-order valence-corrected chi connectivity index (χ0v) is 22.8. The van der Waals surface area contributed by atoms with E-state index < -0.39 is 5.41 Å². The predicted molar refractivity (Wildman–Crippen MR) is 156 cm³/mol. The van der Waals surface area contributed by atoms with Gasteiger partial charge >= 0.3 is 0 Å². The van der Waals surface area contributed by atoms with Crippen LogP contribution >= 0.6 is 0 Å². The Morgan fingerprint density at radius 1 is 1.03 bits per heavy atom. The molecule has 0 saturated heterocycles. The van der Waals surface area contributed by atoms with Gasteiger partial charge in [-0.3, -0.25) is 4.79 Å². The number of carbonyl (C=O) groups is 1. The first kappa shape index (κ1) is 25.3. The highest BCUT2D eigenvalue weighted by atomic mass is 16.5. The molecule has 0 atom stereocenters. The topological polar surface area (TPSA) is 51.5 Å². The average Bonchev–Trinajstić information content (AvgIpc) is 3.18. The molecule has 0 fully saturated rings. The number of Topliss-reactive ketones (excluding diaryl/α,β-unsaturated/α-hetero) is 1. The summed E-state index contributed by atoms with van der Waals surface area (Å²) in [5.41, 5.74) is 7.84. The van der Waals surface area contributed by atoms with E-state index in [1.807, 2.05) is 62.5 Å². The zero-order valence-electron chi connectivity index (χ0n) is 22.8. The minimum Gasteiger partial charge on any atom is -0.506 e. The fourth-order valence-corrected chi connectivity index (χ4v) is 5.46. The number of aliphatic hydroxyl groups excluding tert-OH is 1. The van der Waals surface area contributed by atoms with Gasteiger partial charge in [0.15, 0.2) is 0 Å². The summed E-state index contributed by atoms with van der Waals surface area (Å²) in [7, 11) is 3.65. The number of methoxy groups -OCH3 is 1. The number of hydrogen-bond donors (Lipinski definition) is 1. The molecule has 0 amide bonds. The van der Waals surface area contributed by atoms with Gasteiger partial charge in [0.1, 0.15) is 11.5 Å². The van der Waals surface area contributed by atoms with Gasteiger partial charge in [-0.15, -0.1) is 0 Å². The first-order chi connectivity index (χ1) is 18.1. The summed E-state index contributed by atoms with van der Waals surface area (Å²) >= 11 is 0. The number of ether oxygens (including phenoxy) is 1. The number of benzene rings is 3. The van der Waals surface area contributed by atoms with Crippen molar-refractivity contribution in [3.8, 4) is 17.0 Å². The predicted octanol–water partition coefficient (Wildman–Crippen LogP) is 7.78. The number of allylic oxidation sites excluding steroid dienone is 4. The highest BCUT2D eigenvalue weighted by molar-refractivity contribution is 6.41. The lowest BCUT2D eigenvalue weighted by Gasteiger charge is -2.30. The van der Waals surface area contributed by atoms with Crippen molar-refractivity contribution in [2.45, 2.75) is 33.1 Å². The van der Waals surface area contributed by atoms with E-state index in [2.05, 4.69) is 50.1 Å². The first-order valence-electron chi connectivity index (χ1n) is 12.8. The highest BCUT2D eigenvalue weighted by Crippen LogP contribution is 2.46. The number of aromatic nitrogens is 1. The Balaban J connectivity index is 1.64. The van der Waals surface area contributed by atoms with E-state index >= 15 is 0 Å². The van der Waals surface area contributed by atoms with Gasteiger partial charge in [-0.1, -0.05) is 68.5 Å². The molecule has 3 aromatic carbocycles. The smallest absolute Gasteiger partial charge is 0.201 e. The average molecular weight is 504 g/mol. The van der Waals surface area contributed by atoms with Gasteiger partial charge in [-0.2, -0.15) is 0 Å². The van der Waals surface area contributed by atoms with Crippen LogP contribution in [0.1, 0.15) is 36.1 Å². The fourth-order valence-electron chi connectivity index (χ4n) is 5.46. The molecule has 4 nitrogen and oxygen atoms in total. The summed E-state index contributed by atoms with van der Waals surface area (Å²) in [4.78, 5) is 13.7. The zero-order chi connectivity index (χ0) is 27.4. The fraction of sp³-hybridized carbons (Fsp3) is 0.206. The van der Waals surface area contributed by atoms with Crippen molar-refractivity contribution in [2.24, 2.45) is 7.05 Å². The molecule has 38 heavy (non-hydrogen) atoms. The lowest BCUT2D eigenvalue weighted by molar-refractivity contribution is -0.111. The Morgan fingerprint density at radius 2 is 1.74 bits per heavy atom. The molecule has 1 aliphatic carbocycles. The van der Waals surface area contributed by atoms with Crippen LogP contribution in [0.3, 0.4) is 0 Å². The van der Waals surface area contributed by atoms with E-state index in [4.69, 9.17) is 4.74 Å². The Morgan fingerprint density at radius 3 is 2.39 bits per heavy atom. The van der Waals surface area contributed by atoms with Crippen LogP contribution in [-0.4, -0.2) is 22.6 Å². The van der Waals surface area contributed by atoms with Crippen molar-refractivity contribution in [3.05, 3.63) is 119 Å². The van der Waals surface area contributed by atoms with Crippen molar-refractivity contribution < 1.29 is 14.6 Å². The summed E-state index contributed by atoms with van der Waals surface area (Å²) in [5.74, 6) is 0.608. The van der Waals surface area contributed by atoms with Crippen LogP contribution < -0.4 is 4.74 Å². The van der Waals surface area contributed by atoms with Crippen LogP contribution in [0.4, 0.5) is 0 Å². The SMILES string of the molecule is C=C(/C=C1\C(=O)C(c2c(-c3ccccc3)n(C)c3ccc(C)cc23)=C1O)C(C)(C)c1cc(OC)ccc1C. The summed E-state index contributed by atoms with van der Waals surface area (Å²) < 4.78 is 7.54. The molecule has 4 aromatic rings. The van der Waals surface area contributed by atoms with Crippen molar-refractivity contribution in [1.82, 2.24) is 4.57 Å². The van der Waals surface area contributed by atoms with Gasteiger partial charge in [0.05, 0.1) is 23.9 Å². The maximum Gasteiger partial charge on any atom is 0.201 e. The number of rotatable bonds is 6. The van der Waals surface area contributed by atoms with E-state index in [-0.39, 0.29) is 11.5 Å². The molecule has 1 N–H and O–H groups in total. The van der Waals surface area contributed by atoms with E-state index in [1.165, 1.54) is 0 Å². The molecule has 0 spiro atoms. The molecule has 1 aliphatic rings. The van der Waals surface area contributed by atoms with Crippen molar-refractivity contribution in [1.29, 1.82) is 0 Å². The highest BCUT2D eigenvalue weighted by Gasteiger charge is 2.39. The van der Waals surface area contributed by atoms with Crippen LogP contribution in [0.15, 0.2) is 96.3 Å². The summed E-state index contributed by atoms with van der Waals surface area (Å²) in [6, 6.07) is 22.2. The minimum absolute atomic E-state index is 0.0144. The number of aliphatic hydroxyl groups is 1. The summed E-state index contributed by atoms with van der Waals surface area (Å²) in [5, 5.41) is 12.3. The molecular weight excluding hydrogens is 470 g/mol. The Kier molecular flexibility index (Phi) is 6.15. The quantitative estimate of drug-likeness (QED) is 0.273. The van der Waals surface area contributed by atoms with Gasteiger partial charge < -0.3 is 14.4 Å². The Labute approximate surface area is 224 Å². The Hall–Kier alpha value is -4.31. The lowest BCUT2D eigenvalue weighted by atomic mass is 9.73. The molecular formula is C34H33NO3. The number of ketones is 1. The van der Waals surface area contributed by atoms with E-state index in [0.29, 0.717) is 11.1 Å². The second-order valence-electron chi connectivity index (χ2n) is 10.6. The van der Waals surface area contributed by atoms with Gasteiger partial charge in [0.25, 0.3) is 0 Å². The number of aryl methyl sites for hydroxylation is 3. The van der Waals surface area contributed by atoms with Crippen LogP contribution in [0.25, 0.3) is 27.7 Å². The van der Waals surface area contributed by atoms with Crippen molar-refractivity contribution >= 4 is 22.3 Å². The second kappa shape index (κ2) is 9.21. The maximum absolute atomic E-state index is 13.7. The van der Waals surface area contributed by atoms with Gasteiger partial charge in [0.2, 0.25) is 5.78 Å². The van der Waals surface area contributed by atoms with Gasteiger partial charge in [-0.25, -0.2) is 0 Å². The third kappa shape index (κ3) is 3.88. The normalized spacial score (nSPS) is 14.8. The monoisotopic (exact) mass is 503 g/mol. The van der Waals surface area contributed by atoms with Crippen molar-refractivity contribution in [2.75, 3.05) is 7.11 Å². The molecule has 0 bridgehead atoms. The third-order valence-electron chi connectivity index (χ3n) is 7.86. The molecule has 1 aromatic heterocycles. The van der Waals surface area contributed by atoms with Crippen LogP contribution in [-0.2, 0) is 17.3 Å².